The second kappa shape index (κ2) is 12.0. The Morgan fingerprint density at radius 2 is 2.15 bits per heavy atom. The lowest BCUT2D eigenvalue weighted by Crippen LogP contribution is -2.36. The lowest BCUT2D eigenvalue weighted by Gasteiger charge is -2.25. The van der Waals surface area contributed by atoms with Crippen molar-refractivity contribution in [3.05, 3.63) is 39.4 Å². The minimum Gasteiger partial charge on any atom is -0.393 e. The van der Waals surface area contributed by atoms with E-state index in [9.17, 15) is 23.1 Å². The molecule has 1 aromatic carbocycles. The summed E-state index contributed by atoms with van der Waals surface area (Å²) < 4.78 is 23.0. The average molecular weight is 532 g/mol. The molecule has 0 aromatic heterocycles. The quantitative estimate of drug-likeness (QED) is 0.212. The van der Waals surface area contributed by atoms with E-state index in [4.69, 9.17) is 21.6 Å². The molecule has 0 bridgehead atoms. The minimum absolute atomic E-state index is 0.00924. The highest BCUT2D eigenvalue weighted by atomic mass is 35.5. The normalized spacial score (nSPS) is 18.3. The van der Waals surface area contributed by atoms with E-state index in [1.165, 1.54) is 23.9 Å². The Hall–Kier alpha value is -2.16. The van der Waals surface area contributed by atoms with Crippen molar-refractivity contribution in [1.82, 2.24) is 16.0 Å². The molecular formula is C20H26ClN5O6S2. The van der Waals surface area contributed by atoms with Gasteiger partial charge in [-0.2, -0.15) is 0 Å². The molecule has 1 aliphatic carbocycles. The van der Waals surface area contributed by atoms with Crippen molar-refractivity contribution in [2.24, 2.45) is 10.3 Å². The molecule has 0 saturated heterocycles. The molecule has 0 spiro atoms. The second-order valence-corrected chi connectivity index (χ2v) is 10.6. The van der Waals surface area contributed by atoms with E-state index in [0.29, 0.717) is 12.3 Å². The topological polar surface area (TPSA) is 172 Å². The molecule has 14 heteroatoms. The molecule has 3 rings (SSSR count). The van der Waals surface area contributed by atoms with Gasteiger partial charge in [0.15, 0.2) is 0 Å². The van der Waals surface area contributed by atoms with Gasteiger partial charge in [-0.25, -0.2) is 13.6 Å². The molecule has 1 heterocycles. The smallest absolute Gasteiger partial charge is 0.251 e. The van der Waals surface area contributed by atoms with Gasteiger partial charge in [-0.05, 0) is 37.5 Å². The number of carbonyl (C=O) groups is 2. The molecule has 1 atom stereocenters. The van der Waals surface area contributed by atoms with Crippen LogP contribution in [-0.2, 0) is 19.7 Å². The largest absolute Gasteiger partial charge is 0.393 e. The first kappa shape index (κ1) is 26.4. The van der Waals surface area contributed by atoms with Gasteiger partial charge in [0.1, 0.15) is 17.6 Å². The summed E-state index contributed by atoms with van der Waals surface area (Å²) in [7, 11) is -4.04. The molecule has 11 nitrogen and oxygen atoms in total. The van der Waals surface area contributed by atoms with Crippen LogP contribution in [0.3, 0.4) is 0 Å². The lowest BCUT2D eigenvalue weighted by atomic mass is 10.0. The summed E-state index contributed by atoms with van der Waals surface area (Å²) in [6, 6.07) is 3.81. The first-order chi connectivity index (χ1) is 16.1. The van der Waals surface area contributed by atoms with Crippen molar-refractivity contribution in [2.75, 3.05) is 32.0 Å². The van der Waals surface area contributed by atoms with Crippen LogP contribution >= 0.6 is 23.4 Å². The molecule has 2 aliphatic rings. The first-order valence-corrected chi connectivity index (χ1v) is 13.4. The van der Waals surface area contributed by atoms with Gasteiger partial charge in [-0.1, -0.05) is 16.8 Å². The van der Waals surface area contributed by atoms with Crippen LogP contribution in [0.2, 0.25) is 5.02 Å². The van der Waals surface area contributed by atoms with E-state index in [0.717, 1.165) is 41.6 Å². The van der Waals surface area contributed by atoms with Crippen LogP contribution in [0.15, 0.2) is 38.9 Å². The number of hydrogen-bond donors (Lipinski definition) is 5. The number of aliphatic hydroxyl groups is 1. The van der Waals surface area contributed by atoms with E-state index in [-0.39, 0.29) is 41.1 Å². The van der Waals surface area contributed by atoms with Crippen LogP contribution in [0.25, 0.3) is 0 Å². The number of halogens is 1. The Morgan fingerprint density at radius 1 is 1.35 bits per heavy atom. The number of aliphatic hydroxyl groups excluding tert-OH is 1. The summed E-state index contributed by atoms with van der Waals surface area (Å²) in [5.41, 5.74) is 1.78. The Bertz CT molecular complexity index is 1110. The number of thioether (sulfide) groups is 1. The SMILES string of the molecule is NS(=O)(=O)c1cc(C(=O)NCCNCC(O)CO/N=C2\CCCC3=C2SCC(=O)N3)ccc1Cl. The molecule has 6 N–H and O–H groups in total. The zero-order valence-electron chi connectivity index (χ0n) is 18.2. The van der Waals surface area contributed by atoms with Crippen molar-refractivity contribution < 1.29 is 28.0 Å². The Morgan fingerprint density at radius 3 is 2.91 bits per heavy atom. The van der Waals surface area contributed by atoms with Gasteiger partial charge in [0.2, 0.25) is 15.9 Å². The first-order valence-electron chi connectivity index (χ1n) is 10.5. The number of primary sulfonamides is 1. The van der Waals surface area contributed by atoms with E-state index < -0.39 is 22.0 Å². The molecule has 186 valence electrons. The summed E-state index contributed by atoms with van der Waals surface area (Å²) in [6.07, 6.45) is 1.62. The maximum atomic E-state index is 12.2. The number of benzene rings is 1. The van der Waals surface area contributed by atoms with Crippen molar-refractivity contribution in [2.45, 2.75) is 30.3 Å². The zero-order chi connectivity index (χ0) is 24.7. The number of rotatable bonds is 10. The summed E-state index contributed by atoms with van der Waals surface area (Å²) in [6.45, 7) is 0.807. The molecule has 1 aromatic rings. The fraction of sp³-hybridized carbons (Fsp3) is 0.450. The van der Waals surface area contributed by atoms with Gasteiger partial charge in [0, 0.05) is 30.9 Å². The molecule has 0 fully saturated rings. The van der Waals surface area contributed by atoms with Crippen LogP contribution in [0, 0.1) is 0 Å². The summed E-state index contributed by atoms with van der Waals surface area (Å²) in [5.74, 6) is -0.141. The number of allylic oxidation sites excluding steroid dienone is 2. The molecule has 34 heavy (non-hydrogen) atoms. The number of nitrogens with one attached hydrogen (secondary N) is 3. The standard InChI is InChI=1S/C20H26ClN5O6S2/c21-14-5-4-12(8-17(14)34(22,30)31)20(29)24-7-6-23-9-13(27)10-32-26-16-3-1-2-15-19(16)33-11-18(28)25-15/h4-5,8,13,23,27H,1-3,6-7,9-11H2,(H,24,29)(H,25,28)(H2,22,30,31)/b26-16+. The van der Waals surface area contributed by atoms with Crippen LogP contribution in [-0.4, -0.2) is 69.1 Å². The highest BCUT2D eigenvalue weighted by Gasteiger charge is 2.26. The zero-order valence-corrected chi connectivity index (χ0v) is 20.6. The predicted molar refractivity (Wildman–Crippen MR) is 129 cm³/mol. The van der Waals surface area contributed by atoms with Gasteiger partial charge in [-0.3, -0.25) is 9.59 Å². The fourth-order valence-corrected chi connectivity index (χ4v) is 5.36. The Kier molecular flexibility index (Phi) is 9.33. The third-order valence-electron chi connectivity index (χ3n) is 4.92. The number of nitrogens with two attached hydrogens (primary N) is 1. The van der Waals surface area contributed by atoms with E-state index in [1.54, 1.807) is 0 Å². The van der Waals surface area contributed by atoms with Gasteiger partial charge < -0.3 is 25.9 Å². The van der Waals surface area contributed by atoms with Crippen molar-refractivity contribution in [1.29, 1.82) is 0 Å². The maximum absolute atomic E-state index is 12.2. The maximum Gasteiger partial charge on any atom is 0.251 e. The number of carbonyl (C=O) groups excluding carboxylic acids is 2. The van der Waals surface area contributed by atoms with Gasteiger partial charge >= 0.3 is 0 Å². The molecule has 1 aliphatic heterocycles. The number of amides is 2. The van der Waals surface area contributed by atoms with E-state index in [2.05, 4.69) is 21.1 Å². The number of hydrogen-bond acceptors (Lipinski definition) is 9. The summed E-state index contributed by atoms with van der Waals surface area (Å²) >= 11 is 7.27. The monoisotopic (exact) mass is 531 g/mol. The minimum atomic E-state index is -4.04. The molecule has 0 radical (unpaired) electrons. The van der Waals surface area contributed by atoms with Crippen LogP contribution in [0.1, 0.15) is 29.6 Å². The third kappa shape index (κ3) is 7.42. The van der Waals surface area contributed by atoms with Gasteiger partial charge in [0.05, 0.1) is 21.4 Å². The number of oxime groups is 1. The van der Waals surface area contributed by atoms with Gasteiger partial charge in [-0.15, -0.1) is 11.8 Å². The second-order valence-electron chi connectivity index (χ2n) is 7.64. The van der Waals surface area contributed by atoms with Crippen LogP contribution in [0.4, 0.5) is 0 Å². The summed E-state index contributed by atoms with van der Waals surface area (Å²) in [5, 5.41) is 27.7. The Labute approximate surface area is 206 Å². The predicted octanol–water partition coefficient (Wildman–Crippen LogP) is 0.299. The fourth-order valence-electron chi connectivity index (χ4n) is 3.31. The molecule has 2 amide bonds. The Balaban J connectivity index is 1.36. The highest BCUT2D eigenvalue weighted by Crippen LogP contribution is 2.32. The highest BCUT2D eigenvalue weighted by molar-refractivity contribution is 8.04. The van der Waals surface area contributed by atoms with Crippen molar-refractivity contribution in [3.63, 3.8) is 0 Å². The average Bonchev–Trinajstić information content (AvgIpc) is 2.78. The number of sulfonamides is 1. The van der Waals surface area contributed by atoms with E-state index in [1.807, 2.05) is 0 Å². The van der Waals surface area contributed by atoms with Crippen LogP contribution < -0.4 is 21.1 Å². The van der Waals surface area contributed by atoms with Crippen molar-refractivity contribution >= 4 is 50.9 Å². The van der Waals surface area contributed by atoms with Crippen LogP contribution in [0.5, 0.6) is 0 Å². The number of nitrogens with zero attached hydrogens (tertiary/aromatic N) is 1. The molecule has 0 saturated carbocycles. The molecule has 1 unspecified atom stereocenters. The third-order valence-corrected chi connectivity index (χ3v) is 7.49. The van der Waals surface area contributed by atoms with E-state index >= 15 is 0 Å². The lowest BCUT2D eigenvalue weighted by molar-refractivity contribution is -0.118. The van der Waals surface area contributed by atoms with Gasteiger partial charge in [0.25, 0.3) is 5.91 Å². The van der Waals surface area contributed by atoms with Crippen molar-refractivity contribution in [3.8, 4) is 0 Å². The molecular weight excluding hydrogens is 506 g/mol. The summed E-state index contributed by atoms with van der Waals surface area (Å²) in [4.78, 5) is 29.7.